The number of nitrogens with two attached hydrogens (primary N) is 1. The van der Waals surface area contributed by atoms with Crippen LogP contribution in [0.4, 0.5) is 17.6 Å². The van der Waals surface area contributed by atoms with E-state index in [9.17, 15) is 0 Å². The maximum atomic E-state index is 5.64. The molecule has 0 atom stereocenters. The van der Waals surface area contributed by atoms with E-state index in [-0.39, 0.29) is 18.1 Å². The van der Waals surface area contributed by atoms with Gasteiger partial charge >= 0.3 is 6.01 Å². The minimum Gasteiger partial charge on any atom is -0.461 e. The van der Waals surface area contributed by atoms with Gasteiger partial charge in [-0.25, -0.2) is 0 Å². The molecule has 0 aliphatic carbocycles. The van der Waals surface area contributed by atoms with E-state index in [1.165, 1.54) is 0 Å². The summed E-state index contributed by atoms with van der Waals surface area (Å²) in [5, 5.41) is 3.10. The minimum absolute atomic E-state index is 0.0217. The van der Waals surface area contributed by atoms with Crippen LogP contribution in [0.15, 0.2) is 24.3 Å². The van der Waals surface area contributed by atoms with Crippen molar-refractivity contribution in [3.63, 3.8) is 0 Å². The second kappa shape index (κ2) is 6.00. The molecule has 7 heteroatoms. The minimum atomic E-state index is -0.0217. The molecule has 6 nitrogen and oxygen atoms in total. The Balaban J connectivity index is 2.25. The van der Waals surface area contributed by atoms with Gasteiger partial charge in [0, 0.05) is 3.57 Å². The van der Waals surface area contributed by atoms with Crippen molar-refractivity contribution >= 4 is 40.2 Å². The van der Waals surface area contributed by atoms with E-state index < -0.39 is 0 Å². The van der Waals surface area contributed by atoms with Crippen molar-refractivity contribution in [1.82, 2.24) is 15.0 Å². The van der Waals surface area contributed by atoms with Crippen LogP contribution in [-0.2, 0) is 0 Å². The average Bonchev–Trinajstić information content (AvgIpc) is 2.30. The molecule has 0 aliphatic rings. The van der Waals surface area contributed by atoms with Crippen molar-refractivity contribution in [2.45, 2.75) is 20.0 Å². The van der Waals surface area contributed by atoms with Gasteiger partial charge in [-0.05, 0) is 48.6 Å². The van der Waals surface area contributed by atoms with Gasteiger partial charge in [-0.2, -0.15) is 15.0 Å². The van der Waals surface area contributed by atoms with Crippen LogP contribution in [0.25, 0.3) is 0 Å². The molecule has 0 spiro atoms. The fraction of sp³-hybridized carbons (Fsp3) is 0.250. The number of nitrogen functional groups attached to an aromatic ring is 1. The van der Waals surface area contributed by atoms with Crippen LogP contribution >= 0.6 is 22.6 Å². The highest BCUT2D eigenvalue weighted by Gasteiger charge is 2.08. The lowest BCUT2D eigenvalue weighted by molar-refractivity contribution is 0.222. The zero-order chi connectivity index (χ0) is 13.8. The molecule has 0 saturated carbocycles. The lowest BCUT2D eigenvalue weighted by Crippen LogP contribution is -2.12. The predicted octanol–water partition coefficient (Wildman–Crippen LogP) is 2.59. The molecule has 2 rings (SSSR count). The number of para-hydroxylation sites is 1. The lowest BCUT2D eigenvalue weighted by atomic mass is 10.3. The topological polar surface area (TPSA) is 86.0 Å². The summed E-state index contributed by atoms with van der Waals surface area (Å²) in [6.07, 6.45) is -0.0217. The fourth-order valence-corrected chi connectivity index (χ4v) is 1.90. The molecule has 100 valence electrons. The van der Waals surface area contributed by atoms with E-state index in [1.807, 2.05) is 38.1 Å². The molecule has 0 bridgehead atoms. The summed E-state index contributed by atoms with van der Waals surface area (Å²) in [6, 6.07) is 8.03. The Labute approximate surface area is 125 Å². The fourth-order valence-electron chi connectivity index (χ4n) is 1.37. The predicted molar refractivity (Wildman–Crippen MR) is 82.4 cm³/mol. The number of halogens is 1. The number of rotatable bonds is 4. The molecule has 0 fully saturated rings. The molecule has 0 amide bonds. The Hall–Kier alpha value is -1.64. The quantitative estimate of drug-likeness (QED) is 0.804. The molecule has 0 aliphatic heterocycles. The summed E-state index contributed by atoms with van der Waals surface area (Å²) in [6.45, 7) is 3.79. The Morgan fingerprint density at radius 3 is 2.63 bits per heavy atom. The Bertz CT molecular complexity index is 576. The molecule has 1 heterocycles. The number of nitrogens with one attached hydrogen (secondary N) is 1. The molecule has 1 aromatic heterocycles. The van der Waals surface area contributed by atoms with Gasteiger partial charge in [-0.1, -0.05) is 12.1 Å². The van der Waals surface area contributed by atoms with Crippen molar-refractivity contribution in [2.75, 3.05) is 11.1 Å². The first-order valence-electron chi connectivity index (χ1n) is 5.74. The lowest BCUT2D eigenvalue weighted by Gasteiger charge is -2.10. The number of hydrogen-bond donors (Lipinski definition) is 2. The largest absolute Gasteiger partial charge is 0.461 e. The van der Waals surface area contributed by atoms with Crippen molar-refractivity contribution in [1.29, 1.82) is 0 Å². The second-order valence-electron chi connectivity index (χ2n) is 4.07. The SMILES string of the molecule is CC(C)Oc1nc(N)nc(Nc2ccccc2I)n1. The van der Waals surface area contributed by atoms with Gasteiger partial charge < -0.3 is 15.8 Å². The highest BCUT2D eigenvalue weighted by molar-refractivity contribution is 14.1. The Morgan fingerprint density at radius 2 is 1.95 bits per heavy atom. The Kier molecular flexibility index (Phi) is 4.35. The van der Waals surface area contributed by atoms with Crippen molar-refractivity contribution in [3.05, 3.63) is 27.8 Å². The number of anilines is 3. The van der Waals surface area contributed by atoms with E-state index in [0.29, 0.717) is 5.95 Å². The van der Waals surface area contributed by atoms with Crippen LogP contribution in [0.3, 0.4) is 0 Å². The molecular weight excluding hydrogens is 357 g/mol. The van der Waals surface area contributed by atoms with Gasteiger partial charge in [-0.3, -0.25) is 0 Å². The van der Waals surface area contributed by atoms with Gasteiger partial charge in [0.05, 0.1) is 11.8 Å². The zero-order valence-electron chi connectivity index (χ0n) is 10.6. The standard InChI is InChI=1S/C12H14IN5O/c1-7(2)19-12-17-10(14)16-11(18-12)15-9-6-4-3-5-8(9)13/h3-7H,1-2H3,(H3,14,15,16,17,18). The maximum Gasteiger partial charge on any atom is 0.323 e. The third kappa shape index (κ3) is 3.91. The number of benzene rings is 1. The van der Waals surface area contributed by atoms with Crippen molar-refractivity contribution in [3.8, 4) is 6.01 Å². The summed E-state index contributed by atoms with van der Waals surface area (Å²) < 4.78 is 6.48. The molecular formula is C12H14IN5O. The number of nitrogens with zero attached hydrogens (tertiary/aromatic N) is 3. The van der Waals surface area contributed by atoms with Crippen LogP contribution < -0.4 is 15.8 Å². The van der Waals surface area contributed by atoms with Crippen LogP contribution in [0, 0.1) is 3.57 Å². The van der Waals surface area contributed by atoms with Crippen molar-refractivity contribution < 1.29 is 4.74 Å². The zero-order valence-corrected chi connectivity index (χ0v) is 12.7. The highest BCUT2D eigenvalue weighted by atomic mass is 127. The summed E-state index contributed by atoms with van der Waals surface area (Å²) >= 11 is 2.23. The van der Waals surface area contributed by atoms with Gasteiger partial charge in [0.2, 0.25) is 11.9 Å². The molecule has 0 unspecified atom stereocenters. The molecule has 2 aromatic rings. The first kappa shape index (κ1) is 13.8. The summed E-state index contributed by atoms with van der Waals surface area (Å²) in [5.41, 5.74) is 6.55. The van der Waals surface area contributed by atoms with E-state index >= 15 is 0 Å². The normalized spacial score (nSPS) is 10.5. The van der Waals surface area contributed by atoms with Gasteiger partial charge in [0.25, 0.3) is 0 Å². The van der Waals surface area contributed by atoms with Crippen LogP contribution in [0.1, 0.15) is 13.8 Å². The summed E-state index contributed by atoms with van der Waals surface area (Å²) in [7, 11) is 0. The molecule has 0 saturated heterocycles. The second-order valence-corrected chi connectivity index (χ2v) is 5.23. The molecule has 3 N–H and O–H groups in total. The molecule has 0 radical (unpaired) electrons. The number of ether oxygens (including phenoxy) is 1. The van der Waals surface area contributed by atoms with Gasteiger partial charge in [0.15, 0.2) is 0 Å². The maximum absolute atomic E-state index is 5.64. The number of hydrogen-bond acceptors (Lipinski definition) is 6. The summed E-state index contributed by atoms with van der Waals surface area (Å²) in [4.78, 5) is 12.1. The first-order valence-corrected chi connectivity index (χ1v) is 6.82. The van der Waals surface area contributed by atoms with Crippen LogP contribution in [-0.4, -0.2) is 21.1 Å². The summed E-state index contributed by atoms with van der Waals surface area (Å²) in [5.74, 6) is 0.492. The smallest absolute Gasteiger partial charge is 0.323 e. The van der Waals surface area contributed by atoms with E-state index in [0.717, 1.165) is 9.26 Å². The molecule has 19 heavy (non-hydrogen) atoms. The van der Waals surface area contributed by atoms with Crippen LogP contribution in [0.5, 0.6) is 6.01 Å². The third-order valence-electron chi connectivity index (χ3n) is 2.09. The van der Waals surface area contributed by atoms with E-state index in [1.54, 1.807) is 0 Å². The van der Waals surface area contributed by atoms with Gasteiger partial charge in [-0.15, -0.1) is 0 Å². The van der Waals surface area contributed by atoms with Gasteiger partial charge in [0.1, 0.15) is 0 Å². The van der Waals surface area contributed by atoms with E-state index in [2.05, 4.69) is 42.9 Å². The number of aromatic nitrogens is 3. The average molecular weight is 371 g/mol. The monoisotopic (exact) mass is 371 g/mol. The molecule has 1 aromatic carbocycles. The third-order valence-corrected chi connectivity index (χ3v) is 3.03. The first-order chi connectivity index (χ1) is 9.04. The van der Waals surface area contributed by atoms with E-state index in [4.69, 9.17) is 10.5 Å². The Morgan fingerprint density at radius 1 is 1.21 bits per heavy atom. The van der Waals surface area contributed by atoms with Crippen molar-refractivity contribution in [2.24, 2.45) is 0 Å². The van der Waals surface area contributed by atoms with Crippen LogP contribution in [0.2, 0.25) is 0 Å². The highest BCUT2D eigenvalue weighted by Crippen LogP contribution is 2.21.